The minimum absolute atomic E-state index is 0.0667. The molecule has 0 radical (unpaired) electrons. The van der Waals surface area contributed by atoms with Gasteiger partial charge in [-0.3, -0.25) is 14.7 Å². The van der Waals surface area contributed by atoms with E-state index in [1.165, 1.54) is 5.56 Å². The molecule has 1 aromatic heterocycles. The van der Waals surface area contributed by atoms with Gasteiger partial charge in [0.05, 0.1) is 5.69 Å². The number of hydrogen-bond acceptors (Lipinski definition) is 3. The zero-order valence-electron chi connectivity index (χ0n) is 17.1. The molecule has 0 unspecified atom stereocenters. The smallest absolute Gasteiger partial charge is 0.324 e. The molecule has 152 valence electrons. The summed E-state index contributed by atoms with van der Waals surface area (Å²) in [6.07, 6.45) is 3.47. The Bertz CT molecular complexity index is 1060. The van der Waals surface area contributed by atoms with E-state index in [0.717, 1.165) is 22.4 Å². The van der Waals surface area contributed by atoms with Crippen LogP contribution in [0.5, 0.6) is 0 Å². The molecule has 2 aromatic carbocycles. The zero-order valence-corrected chi connectivity index (χ0v) is 17.1. The van der Waals surface area contributed by atoms with Crippen molar-refractivity contribution < 1.29 is 9.59 Å². The molecule has 1 aliphatic heterocycles. The van der Waals surface area contributed by atoms with Gasteiger partial charge in [-0.25, -0.2) is 4.79 Å². The summed E-state index contributed by atoms with van der Waals surface area (Å²) in [6, 6.07) is 17.3. The summed E-state index contributed by atoms with van der Waals surface area (Å²) in [5.41, 5.74) is 5.58. The van der Waals surface area contributed by atoms with E-state index in [0.29, 0.717) is 25.2 Å². The zero-order chi connectivity index (χ0) is 21.1. The van der Waals surface area contributed by atoms with Crippen molar-refractivity contribution in [1.29, 1.82) is 0 Å². The predicted octanol–water partition coefficient (Wildman–Crippen LogP) is 3.89. The molecular formula is C24H24N4O2. The molecule has 0 atom stereocenters. The van der Waals surface area contributed by atoms with E-state index in [-0.39, 0.29) is 11.9 Å². The monoisotopic (exact) mass is 400 g/mol. The largest absolute Gasteiger partial charge is 0.348 e. The van der Waals surface area contributed by atoms with E-state index < -0.39 is 0 Å². The first-order valence-corrected chi connectivity index (χ1v) is 9.89. The Morgan fingerprint density at radius 3 is 2.63 bits per heavy atom. The molecule has 3 aromatic rings. The lowest BCUT2D eigenvalue weighted by molar-refractivity contribution is 0.0950. The first kappa shape index (κ1) is 19.6. The molecule has 0 fully saturated rings. The molecule has 0 spiro atoms. The Kier molecular flexibility index (Phi) is 5.48. The molecule has 0 saturated carbocycles. The normalized spacial score (nSPS) is 13.2. The van der Waals surface area contributed by atoms with Crippen LogP contribution in [0.4, 0.5) is 10.5 Å². The molecule has 6 nitrogen and oxygen atoms in total. The summed E-state index contributed by atoms with van der Waals surface area (Å²) in [4.78, 5) is 32.9. The molecule has 2 heterocycles. The average molecular weight is 400 g/mol. The molecule has 1 aliphatic rings. The SMILES string of the molecule is Cc1ccc(CNC(=O)c2ccc3c(c2)CN(Cc2cccnc2)C(=O)N3C)cc1. The van der Waals surface area contributed by atoms with Gasteiger partial charge in [-0.05, 0) is 47.9 Å². The van der Waals surface area contributed by atoms with Crippen LogP contribution in [0, 0.1) is 6.92 Å². The minimum atomic E-state index is -0.128. The number of amides is 3. The van der Waals surface area contributed by atoms with Crippen molar-refractivity contribution in [2.45, 2.75) is 26.6 Å². The van der Waals surface area contributed by atoms with Crippen molar-refractivity contribution in [3.8, 4) is 0 Å². The average Bonchev–Trinajstić information content (AvgIpc) is 2.77. The second-order valence-electron chi connectivity index (χ2n) is 7.57. The second-order valence-corrected chi connectivity index (χ2v) is 7.57. The number of hydrogen-bond donors (Lipinski definition) is 1. The summed E-state index contributed by atoms with van der Waals surface area (Å²) >= 11 is 0. The fraction of sp³-hybridized carbons (Fsp3) is 0.208. The van der Waals surface area contributed by atoms with Gasteiger partial charge >= 0.3 is 6.03 Å². The molecule has 4 rings (SSSR count). The van der Waals surface area contributed by atoms with E-state index in [9.17, 15) is 9.59 Å². The molecule has 30 heavy (non-hydrogen) atoms. The van der Waals surface area contributed by atoms with Gasteiger partial charge in [-0.1, -0.05) is 35.9 Å². The van der Waals surface area contributed by atoms with Crippen molar-refractivity contribution in [3.05, 3.63) is 94.8 Å². The molecule has 0 aliphatic carbocycles. The maximum atomic E-state index is 12.7. The number of benzene rings is 2. The first-order chi connectivity index (χ1) is 14.5. The Morgan fingerprint density at radius 1 is 1.10 bits per heavy atom. The van der Waals surface area contributed by atoms with Crippen LogP contribution < -0.4 is 10.2 Å². The Hall–Kier alpha value is -3.67. The van der Waals surface area contributed by atoms with E-state index in [4.69, 9.17) is 0 Å². The van der Waals surface area contributed by atoms with Crippen LogP contribution in [0.3, 0.4) is 0 Å². The number of nitrogens with zero attached hydrogens (tertiary/aromatic N) is 3. The van der Waals surface area contributed by atoms with Gasteiger partial charge in [0.25, 0.3) is 5.91 Å². The second kappa shape index (κ2) is 8.37. The number of carbonyl (C=O) groups excluding carboxylic acids is 2. The maximum absolute atomic E-state index is 12.7. The van der Waals surface area contributed by atoms with E-state index in [1.54, 1.807) is 35.3 Å². The highest BCUT2D eigenvalue weighted by atomic mass is 16.2. The van der Waals surface area contributed by atoms with Crippen LogP contribution in [-0.2, 0) is 19.6 Å². The third-order valence-electron chi connectivity index (χ3n) is 5.29. The Balaban J connectivity index is 1.49. The van der Waals surface area contributed by atoms with Gasteiger partial charge in [0, 0.05) is 44.6 Å². The van der Waals surface area contributed by atoms with Crippen LogP contribution in [-0.4, -0.2) is 28.9 Å². The fourth-order valence-corrected chi connectivity index (χ4v) is 3.59. The van der Waals surface area contributed by atoms with E-state index in [2.05, 4.69) is 10.3 Å². The number of carbonyl (C=O) groups is 2. The van der Waals surface area contributed by atoms with Crippen LogP contribution in [0.25, 0.3) is 0 Å². The third-order valence-corrected chi connectivity index (χ3v) is 5.29. The van der Waals surface area contributed by atoms with Crippen molar-refractivity contribution in [1.82, 2.24) is 15.2 Å². The Labute approximate surface area is 176 Å². The van der Waals surface area contributed by atoms with Gasteiger partial charge in [-0.15, -0.1) is 0 Å². The van der Waals surface area contributed by atoms with Crippen molar-refractivity contribution in [2.24, 2.45) is 0 Å². The van der Waals surface area contributed by atoms with E-state index in [1.807, 2.05) is 55.5 Å². The number of fused-ring (bicyclic) bond motifs is 1. The van der Waals surface area contributed by atoms with Crippen LogP contribution in [0.1, 0.15) is 32.6 Å². The van der Waals surface area contributed by atoms with Crippen molar-refractivity contribution in [2.75, 3.05) is 11.9 Å². The van der Waals surface area contributed by atoms with Gasteiger partial charge in [0.1, 0.15) is 0 Å². The lowest BCUT2D eigenvalue weighted by Gasteiger charge is -2.35. The number of anilines is 1. The topological polar surface area (TPSA) is 65.5 Å². The molecule has 6 heteroatoms. The number of aryl methyl sites for hydroxylation is 1. The highest BCUT2D eigenvalue weighted by molar-refractivity contribution is 5.98. The highest BCUT2D eigenvalue weighted by Gasteiger charge is 2.28. The molecule has 3 amide bonds. The molecule has 1 N–H and O–H groups in total. The van der Waals surface area contributed by atoms with Crippen LogP contribution in [0.15, 0.2) is 67.0 Å². The number of rotatable bonds is 5. The molecule has 0 saturated heterocycles. The quantitative estimate of drug-likeness (QED) is 0.707. The summed E-state index contributed by atoms with van der Waals surface area (Å²) < 4.78 is 0. The maximum Gasteiger partial charge on any atom is 0.324 e. The van der Waals surface area contributed by atoms with Crippen molar-refractivity contribution in [3.63, 3.8) is 0 Å². The van der Waals surface area contributed by atoms with Gasteiger partial charge in [-0.2, -0.15) is 0 Å². The van der Waals surface area contributed by atoms with Crippen LogP contribution in [0.2, 0.25) is 0 Å². The first-order valence-electron chi connectivity index (χ1n) is 9.89. The third kappa shape index (κ3) is 4.17. The molecule has 0 bridgehead atoms. The Morgan fingerprint density at radius 2 is 1.90 bits per heavy atom. The van der Waals surface area contributed by atoms with Gasteiger partial charge in [0.15, 0.2) is 0 Å². The molecular weight excluding hydrogens is 376 g/mol. The van der Waals surface area contributed by atoms with Crippen molar-refractivity contribution >= 4 is 17.6 Å². The minimum Gasteiger partial charge on any atom is -0.348 e. The van der Waals surface area contributed by atoms with Gasteiger partial charge in [0.2, 0.25) is 0 Å². The summed E-state index contributed by atoms with van der Waals surface area (Å²) in [6.45, 7) is 3.43. The summed E-state index contributed by atoms with van der Waals surface area (Å²) in [5, 5.41) is 2.97. The number of urea groups is 1. The lowest BCUT2D eigenvalue weighted by Crippen LogP contribution is -2.44. The van der Waals surface area contributed by atoms with Crippen LogP contribution >= 0.6 is 0 Å². The lowest BCUT2D eigenvalue weighted by atomic mass is 10.0. The number of aromatic nitrogens is 1. The number of pyridine rings is 1. The standard InChI is InChI=1S/C24H24N4O2/c1-17-5-7-18(8-6-17)14-26-23(29)20-9-10-22-21(12-20)16-28(24(30)27(22)2)15-19-4-3-11-25-13-19/h3-13H,14-16H2,1-2H3,(H,26,29). The highest BCUT2D eigenvalue weighted by Crippen LogP contribution is 2.29. The summed E-state index contributed by atoms with van der Waals surface area (Å²) in [7, 11) is 1.76. The van der Waals surface area contributed by atoms with Gasteiger partial charge < -0.3 is 10.2 Å². The number of nitrogens with one attached hydrogen (secondary N) is 1. The summed E-state index contributed by atoms with van der Waals surface area (Å²) in [5.74, 6) is -0.128. The fourth-order valence-electron chi connectivity index (χ4n) is 3.59. The van der Waals surface area contributed by atoms with E-state index >= 15 is 0 Å². The predicted molar refractivity (Wildman–Crippen MR) is 116 cm³/mol.